The summed E-state index contributed by atoms with van der Waals surface area (Å²) in [5.41, 5.74) is 2.61. The lowest BCUT2D eigenvalue weighted by Gasteiger charge is -2.12. The Hall–Kier alpha value is -0.670. The third-order valence-corrected chi connectivity index (χ3v) is 3.43. The predicted octanol–water partition coefficient (Wildman–Crippen LogP) is 3.64. The normalized spacial score (nSPS) is 16.6. The fourth-order valence-electron chi connectivity index (χ4n) is 1.69. The molecule has 2 nitrogen and oxygen atoms in total. The third kappa shape index (κ3) is 4.25. The van der Waals surface area contributed by atoms with E-state index in [4.69, 9.17) is 0 Å². The van der Waals surface area contributed by atoms with Gasteiger partial charge in [0.1, 0.15) is 0 Å². The van der Waals surface area contributed by atoms with Gasteiger partial charge >= 0.3 is 0 Å². The lowest BCUT2D eigenvalue weighted by atomic mass is 10.0. The topological polar surface area (TPSA) is 24.9 Å². The molecule has 1 aromatic rings. The van der Waals surface area contributed by atoms with E-state index in [0.29, 0.717) is 5.92 Å². The highest BCUT2D eigenvalue weighted by Crippen LogP contribution is 2.21. The van der Waals surface area contributed by atoms with Gasteiger partial charge in [-0.05, 0) is 46.3 Å². The van der Waals surface area contributed by atoms with Crippen LogP contribution in [0.1, 0.15) is 32.3 Å². The van der Waals surface area contributed by atoms with Crippen LogP contribution >= 0.6 is 15.9 Å². The van der Waals surface area contributed by atoms with Crippen molar-refractivity contribution in [2.45, 2.75) is 32.7 Å². The van der Waals surface area contributed by atoms with E-state index in [-0.39, 0.29) is 0 Å². The standard InChI is InChI=1S/C14H19BrN2/c1-10(2)12(8-17-14-3-4-14)5-11-6-13(15)9-16-7-11/h5-7,9-10,14,17H,3-4,8H2,1-2H3/b12-5+. The number of rotatable bonds is 5. The van der Waals surface area contributed by atoms with Crippen molar-refractivity contribution in [3.8, 4) is 0 Å². The van der Waals surface area contributed by atoms with Crippen LogP contribution in [-0.2, 0) is 0 Å². The molecule has 17 heavy (non-hydrogen) atoms. The molecule has 1 aliphatic rings. The highest BCUT2D eigenvalue weighted by molar-refractivity contribution is 9.10. The molecule has 1 heterocycles. The lowest BCUT2D eigenvalue weighted by Crippen LogP contribution is -2.21. The van der Waals surface area contributed by atoms with Gasteiger partial charge in [-0.25, -0.2) is 0 Å². The van der Waals surface area contributed by atoms with Gasteiger partial charge < -0.3 is 5.32 Å². The van der Waals surface area contributed by atoms with Crippen molar-refractivity contribution in [2.75, 3.05) is 6.54 Å². The summed E-state index contributed by atoms with van der Waals surface area (Å²) in [5.74, 6) is 0.570. The van der Waals surface area contributed by atoms with Gasteiger partial charge in [0.2, 0.25) is 0 Å². The Morgan fingerprint density at radius 3 is 2.88 bits per heavy atom. The van der Waals surface area contributed by atoms with Crippen LogP contribution in [-0.4, -0.2) is 17.6 Å². The number of nitrogens with zero attached hydrogens (tertiary/aromatic N) is 1. The Morgan fingerprint density at radius 1 is 1.53 bits per heavy atom. The van der Waals surface area contributed by atoms with Crippen molar-refractivity contribution >= 4 is 22.0 Å². The first-order valence-electron chi connectivity index (χ1n) is 6.19. The molecule has 1 aliphatic carbocycles. The maximum absolute atomic E-state index is 4.19. The largest absolute Gasteiger partial charge is 0.310 e. The lowest BCUT2D eigenvalue weighted by molar-refractivity contribution is 0.662. The van der Waals surface area contributed by atoms with Gasteiger partial charge in [0, 0.05) is 29.5 Å². The minimum absolute atomic E-state index is 0.570. The van der Waals surface area contributed by atoms with Gasteiger partial charge in [-0.3, -0.25) is 4.98 Å². The molecule has 1 N–H and O–H groups in total. The van der Waals surface area contributed by atoms with Crippen molar-refractivity contribution in [1.82, 2.24) is 10.3 Å². The molecule has 92 valence electrons. The van der Waals surface area contributed by atoms with Crippen molar-refractivity contribution in [3.05, 3.63) is 34.1 Å². The summed E-state index contributed by atoms with van der Waals surface area (Å²) >= 11 is 3.45. The van der Waals surface area contributed by atoms with Crippen molar-refractivity contribution < 1.29 is 0 Å². The molecular weight excluding hydrogens is 276 g/mol. The van der Waals surface area contributed by atoms with Gasteiger partial charge in [0.15, 0.2) is 0 Å². The smallest absolute Gasteiger partial charge is 0.0410 e. The Bertz CT molecular complexity index is 408. The van der Waals surface area contributed by atoms with E-state index in [1.54, 1.807) is 0 Å². The molecule has 0 radical (unpaired) electrons. The van der Waals surface area contributed by atoms with Crippen LogP contribution in [0.15, 0.2) is 28.5 Å². The van der Waals surface area contributed by atoms with Crippen LogP contribution < -0.4 is 5.32 Å². The molecule has 0 aromatic carbocycles. The second-order valence-corrected chi connectivity index (χ2v) is 5.88. The van der Waals surface area contributed by atoms with Crippen LogP contribution in [0.3, 0.4) is 0 Å². The minimum Gasteiger partial charge on any atom is -0.310 e. The Labute approximate surface area is 112 Å². The highest BCUT2D eigenvalue weighted by Gasteiger charge is 2.20. The predicted molar refractivity (Wildman–Crippen MR) is 75.8 cm³/mol. The molecule has 0 unspecified atom stereocenters. The van der Waals surface area contributed by atoms with Crippen molar-refractivity contribution in [3.63, 3.8) is 0 Å². The highest BCUT2D eigenvalue weighted by atomic mass is 79.9. The first-order valence-corrected chi connectivity index (χ1v) is 6.99. The van der Waals surface area contributed by atoms with E-state index in [0.717, 1.165) is 17.1 Å². The van der Waals surface area contributed by atoms with Gasteiger partial charge in [0.05, 0.1) is 0 Å². The Morgan fingerprint density at radius 2 is 2.29 bits per heavy atom. The minimum atomic E-state index is 0.570. The molecule has 1 fully saturated rings. The molecule has 0 bridgehead atoms. The van der Waals surface area contributed by atoms with Gasteiger partial charge in [-0.2, -0.15) is 0 Å². The third-order valence-electron chi connectivity index (χ3n) is 2.99. The van der Waals surface area contributed by atoms with E-state index in [1.807, 2.05) is 12.4 Å². The molecule has 0 aliphatic heterocycles. The summed E-state index contributed by atoms with van der Waals surface area (Å²) in [4.78, 5) is 4.19. The van der Waals surface area contributed by atoms with Gasteiger partial charge in [-0.1, -0.05) is 25.5 Å². The monoisotopic (exact) mass is 294 g/mol. The zero-order valence-electron chi connectivity index (χ0n) is 10.4. The summed E-state index contributed by atoms with van der Waals surface area (Å²) in [6, 6.07) is 2.87. The quantitative estimate of drug-likeness (QED) is 0.897. The molecule has 3 heteroatoms. The molecule has 1 saturated carbocycles. The fraction of sp³-hybridized carbons (Fsp3) is 0.500. The number of pyridine rings is 1. The molecule has 0 amide bonds. The van der Waals surface area contributed by atoms with E-state index >= 15 is 0 Å². The molecule has 0 atom stereocenters. The number of hydrogen-bond acceptors (Lipinski definition) is 2. The summed E-state index contributed by atoms with van der Waals surface area (Å²) in [6.45, 7) is 5.48. The van der Waals surface area contributed by atoms with Crippen LogP contribution in [0.4, 0.5) is 0 Å². The SMILES string of the molecule is CC(C)/C(=C/c1cncc(Br)c1)CNC1CC1. The average molecular weight is 295 g/mol. The molecule has 0 saturated heterocycles. The molecule has 1 aromatic heterocycles. The van der Waals surface area contributed by atoms with Crippen LogP contribution in [0.5, 0.6) is 0 Å². The number of nitrogens with one attached hydrogen (secondary N) is 1. The van der Waals surface area contributed by atoms with E-state index in [1.165, 1.54) is 24.0 Å². The Balaban J connectivity index is 2.07. The first-order chi connectivity index (χ1) is 8.15. The molecular formula is C14H19BrN2. The second kappa shape index (κ2) is 5.78. The molecule has 2 rings (SSSR count). The summed E-state index contributed by atoms with van der Waals surface area (Å²) in [7, 11) is 0. The first kappa shape index (κ1) is 12.8. The van der Waals surface area contributed by atoms with Crippen molar-refractivity contribution in [1.29, 1.82) is 0 Å². The van der Waals surface area contributed by atoms with E-state index in [9.17, 15) is 0 Å². The maximum atomic E-state index is 4.19. The van der Waals surface area contributed by atoms with Crippen LogP contribution in [0.2, 0.25) is 0 Å². The fourth-order valence-corrected chi connectivity index (χ4v) is 2.08. The summed E-state index contributed by atoms with van der Waals surface area (Å²) < 4.78 is 1.03. The number of aromatic nitrogens is 1. The van der Waals surface area contributed by atoms with Crippen molar-refractivity contribution in [2.24, 2.45) is 5.92 Å². The molecule has 0 spiro atoms. The second-order valence-electron chi connectivity index (χ2n) is 4.97. The van der Waals surface area contributed by atoms with Crippen LogP contribution in [0.25, 0.3) is 6.08 Å². The van der Waals surface area contributed by atoms with Crippen LogP contribution in [0, 0.1) is 5.92 Å². The van der Waals surface area contributed by atoms with Gasteiger partial charge in [-0.15, -0.1) is 0 Å². The number of halogens is 1. The summed E-state index contributed by atoms with van der Waals surface area (Å²) in [5, 5.41) is 3.57. The van der Waals surface area contributed by atoms with E-state index < -0.39 is 0 Å². The zero-order chi connectivity index (χ0) is 12.3. The Kier molecular flexibility index (Phi) is 4.35. The number of hydrogen-bond donors (Lipinski definition) is 1. The maximum Gasteiger partial charge on any atom is 0.0410 e. The van der Waals surface area contributed by atoms with E-state index in [2.05, 4.69) is 52.2 Å². The van der Waals surface area contributed by atoms with Gasteiger partial charge in [0.25, 0.3) is 0 Å². The zero-order valence-corrected chi connectivity index (χ0v) is 12.0. The average Bonchev–Trinajstić information content (AvgIpc) is 3.07. The summed E-state index contributed by atoms with van der Waals surface area (Å²) in [6.07, 6.45) is 8.64.